The van der Waals surface area contributed by atoms with E-state index in [1.165, 1.54) is 7.11 Å². The maximum absolute atomic E-state index is 11.9. The van der Waals surface area contributed by atoms with Gasteiger partial charge in [-0.05, 0) is 18.2 Å². The molecule has 0 spiro atoms. The predicted molar refractivity (Wildman–Crippen MR) is 75.6 cm³/mol. The second kappa shape index (κ2) is 6.56. The minimum absolute atomic E-state index is 0.374. The summed E-state index contributed by atoms with van der Waals surface area (Å²) >= 11 is 0. The number of benzene rings is 1. The van der Waals surface area contributed by atoms with Crippen LogP contribution in [0.25, 0.3) is 0 Å². The number of nitrogens with zero attached hydrogens (tertiary/aromatic N) is 1. The van der Waals surface area contributed by atoms with Gasteiger partial charge in [-0.2, -0.15) is 0 Å². The van der Waals surface area contributed by atoms with Gasteiger partial charge >= 0.3 is 5.97 Å². The van der Waals surface area contributed by atoms with Gasteiger partial charge in [-0.1, -0.05) is 18.2 Å². The quantitative estimate of drug-likeness (QED) is 0.847. The molecule has 0 saturated heterocycles. The van der Waals surface area contributed by atoms with Crippen molar-refractivity contribution in [1.82, 2.24) is 4.98 Å². The van der Waals surface area contributed by atoms with E-state index in [9.17, 15) is 4.79 Å². The average molecular weight is 272 g/mol. The lowest BCUT2D eigenvalue weighted by Crippen LogP contribution is -2.22. The van der Waals surface area contributed by atoms with Crippen LogP contribution in [0.1, 0.15) is 11.6 Å². The first-order valence-corrected chi connectivity index (χ1v) is 6.14. The van der Waals surface area contributed by atoms with Crippen LogP contribution in [0.4, 0.5) is 5.69 Å². The minimum atomic E-state index is -0.610. The molecular weight excluding hydrogens is 256 g/mol. The molecule has 0 aliphatic heterocycles. The maximum Gasteiger partial charge on any atom is 0.333 e. The first kappa shape index (κ1) is 13.9. The third kappa shape index (κ3) is 3.26. The van der Waals surface area contributed by atoms with Crippen LogP contribution in [0.5, 0.6) is 5.88 Å². The van der Waals surface area contributed by atoms with Crippen LogP contribution in [-0.2, 0) is 9.53 Å². The topological polar surface area (TPSA) is 60.5 Å². The van der Waals surface area contributed by atoms with Crippen LogP contribution in [-0.4, -0.2) is 25.2 Å². The van der Waals surface area contributed by atoms with E-state index in [-0.39, 0.29) is 5.97 Å². The van der Waals surface area contributed by atoms with Crippen LogP contribution in [0.3, 0.4) is 0 Å². The number of carbonyl (C=O) groups is 1. The molecule has 5 heteroatoms. The molecule has 0 fully saturated rings. The highest BCUT2D eigenvalue weighted by Gasteiger charge is 2.21. The molecule has 1 unspecified atom stereocenters. The van der Waals surface area contributed by atoms with E-state index < -0.39 is 6.04 Å². The summed E-state index contributed by atoms with van der Waals surface area (Å²) in [6.45, 7) is 0. The van der Waals surface area contributed by atoms with Crippen molar-refractivity contribution in [3.05, 3.63) is 54.2 Å². The smallest absolute Gasteiger partial charge is 0.333 e. The number of ether oxygens (including phenoxy) is 2. The van der Waals surface area contributed by atoms with Crippen molar-refractivity contribution in [1.29, 1.82) is 0 Å². The van der Waals surface area contributed by atoms with Crippen molar-refractivity contribution in [3.8, 4) is 5.88 Å². The number of para-hydroxylation sites is 1. The fourth-order valence-corrected chi connectivity index (χ4v) is 1.78. The molecule has 0 bridgehead atoms. The van der Waals surface area contributed by atoms with E-state index in [0.717, 1.165) is 5.69 Å². The lowest BCUT2D eigenvalue weighted by atomic mass is 10.1. The van der Waals surface area contributed by atoms with Gasteiger partial charge in [-0.25, -0.2) is 9.78 Å². The van der Waals surface area contributed by atoms with E-state index in [1.807, 2.05) is 30.3 Å². The number of pyridine rings is 1. The number of aromatic nitrogens is 1. The second-order valence-electron chi connectivity index (χ2n) is 4.10. The zero-order valence-electron chi connectivity index (χ0n) is 11.4. The molecule has 0 amide bonds. The van der Waals surface area contributed by atoms with Crippen LogP contribution in [0.2, 0.25) is 0 Å². The van der Waals surface area contributed by atoms with E-state index in [0.29, 0.717) is 11.4 Å². The standard InChI is InChI=1S/C15H16N2O3/c1-19-13-9-8-11(10-16-13)14(15(18)20-2)17-12-6-4-3-5-7-12/h3-10,14,17H,1-2H3. The zero-order valence-corrected chi connectivity index (χ0v) is 11.4. The lowest BCUT2D eigenvalue weighted by molar-refractivity contribution is -0.141. The van der Waals surface area contributed by atoms with Gasteiger partial charge in [-0.3, -0.25) is 0 Å². The van der Waals surface area contributed by atoms with Crippen molar-refractivity contribution in [3.63, 3.8) is 0 Å². The monoisotopic (exact) mass is 272 g/mol. The van der Waals surface area contributed by atoms with Crippen molar-refractivity contribution < 1.29 is 14.3 Å². The van der Waals surface area contributed by atoms with Crippen molar-refractivity contribution in [2.45, 2.75) is 6.04 Å². The predicted octanol–water partition coefficient (Wildman–Crippen LogP) is 2.42. The molecule has 0 saturated carbocycles. The summed E-state index contributed by atoms with van der Waals surface area (Å²) in [7, 11) is 2.90. The molecule has 1 aromatic heterocycles. The van der Waals surface area contributed by atoms with E-state index in [2.05, 4.69) is 10.3 Å². The Morgan fingerprint density at radius 3 is 2.45 bits per heavy atom. The first-order chi connectivity index (χ1) is 9.74. The van der Waals surface area contributed by atoms with Gasteiger partial charge in [0.05, 0.1) is 14.2 Å². The molecule has 2 rings (SSSR count). The summed E-state index contributed by atoms with van der Waals surface area (Å²) < 4.78 is 9.84. The van der Waals surface area contributed by atoms with Gasteiger partial charge in [0, 0.05) is 23.5 Å². The van der Waals surface area contributed by atoms with Crippen LogP contribution in [0, 0.1) is 0 Å². The Morgan fingerprint density at radius 2 is 1.90 bits per heavy atom. The van der Waals surface area contributed by atoms with Gasteiger partial charge in [0.2, 0.25) is 5.88 Å². The zero-order chi connectivity index (χ0) is 14.4. The van der Waals surface area contributed by atoms with Crippen molar-refractivity contribution >= 4 is 11.7 Å². The Labute approximate surface area is 117 Å². The molecule has 1 N–H and O–H groups in total. The highest BCUT2D eigenvalue weighted by Crippen LogP contribution is 2.21. The third-order valence-corrected chi connectivity index (χ3v) is 2.82. The van der Waals surface area contributed by atoms with Gasteiger partial charge in [-0.15, -0.1) is 0 Å². The molecule has 5 nitrogen and oxygen atoms in total. The number of carbonyl (C=O) groups excluding carboxylic acids is 1. The molecule has 20 heavy (non-hydrogen) atoms. The summed E-state index contributed by atoms with van der Waals surface area (Å²) in [6.07, 6.45) is 1.59. The molecule has 104 valence electrons. The fourth-order valence-electron chi connectivity index (χ4n) is 1.78. The van der Waals surface area contributed by atoms with Crippen molar-refractivity contribution in [2.75, 3.05) is 19.5 Å². The highest BCUT2D eigenvalue weighted by molar-refractivity contribution is 5.80. The van der Waals surface area contributed by atoms with Gasteiger partial charge < -0.3 is 14.8 Å². The average Bonchev–Trinajstić information content (AvgIpc) is 2.53. The summed E-state index contributed by atoms with van der Waals surface area (Å²) in [5.41, 5.74) is 1.54. The van der Waals surface area contributed by atoms with Gasteiger partial charge in [0.25, 0.3) is 0 Å². The van der Waals surface area contributed by atoms with Gasteiger partial charge in [0.15, 0.2) is 6.04 Å². The molecule has 0 aliphatic carbocycles. The molecule has 1 aromatic carbocycles. The van der Waals surface area contributed by atoms with E-state index in [1.54, 1.807) is 25.4 Å². The summed E-state index contributed by atoms with van der Waals surface area (Å²) in [5, 5.41) is 3.13. The van der Waals surface area contributed by atoms with E-state index >= 15 is 0 Å². The number of anilines is 1. The molecule has 2 aromatic rings. The Balaban J connectivity index is 2.25. The second-order valence-corrected chi connectivity index (χ2v) is 4.10. The molecule has 1 atom stereocenters. The SMILES string of the molecule is COC(=O)C(Nc1ccccc1)c1ccc(OC)nc1. The van der Waals surface area contributed by atoms with Crippen molar-refractivity contribution in [2.24, 2.45) is 0 Å². The normalized spacial score (nSPS) is 11.5. The molecular formula is C15H16N2O3. The largest absolute Gasteiger partial charge is 0.481 e. The maximum atomic E-state index is 11.9. The first-order valence-electron chi connectivity index (χ1n) is 6.14. The minimum Gasteiger partial charge on any atom is -0.481 e. The fraction of sp³-hybridized carbons (Fsp3) is 0.200. The van der Waals surface area contributed by atoms with Crippen LogP contribution in [0.15, 0.2) is 48.7 Å². The number of rotatable bonds is 5. The number of esters is 1. The third-order valence-electron chi connectivity index (χ3n) is 2.82. The number of hydrogen-bond donors (Lipinski definition) is 1. The number of methoxy groups -OCH3 is 2. The number of nitrogens with one attached hydrogen (secondary N) is 1. The Bertz CT molecular complexity index is 555. The summed E-state index contributed by atoms with van der Waals surface area (Å²) in [5.74, 6) is 0.123. The molecule has 0 aliphatic rings. The number of hydrogen-bond acceptors (Lipinski definition) is 5. The Morgan fingerprint density at radius 1 is 1.15 bits per heavy atom. The van der Waals surface area contributed by atoms with E-state index in [4.69, 9.17) is 9.47 Å². The summed E-state index contributed by atoms with van der Waals surface area (Å²) in [4.78, 5) is 16.0. The van der Waals surface area contributed by atoms with Crippen LogP contribution >= 0.6 is 0 Å². The Kier molecular flexibility index (Phi) is 4.55. The summed E-state index contributed by atoms with van der Waals surface area (Å²) in [6, 6.07) is 12.3. The molecule has 1 heterocycles. The molecule has 0 radical (unpaired) electrons. The lowest BCUT2D eigenvalue weighted by Gasteiger charge is -2.17. The Hall–Kier alpha value is -2.56. The van der Waals surface area contributed by atoms with Crippen LogP contribution < -0.4 is 10.1 Å². The van der Waals surface area contributed by atoms with Gasteiger partial charge in [0.1, 0.15) is 0 Å². The highest BCUT2D eigenvalue weighted by atomic mass is 16.5.